The summed E-state index contributed by atoms with van der Waals surface area (Å²) in [6.45, 7) is 3.47. The van der Waals surface area contributed by atoms with E-state index in [0.29, 0.717) is 39.1 Å². The van der Waals surface area contributed by atoms with Gasteiger partial charge in [0.25, 0.3) is 0 Å². The molecule has 1 aromatic heterocycles. The Balaban J connectivity index is 1.51. The third kappa shape index (κ3) is 5.09. The maximum absolute atomic E-state index is 12.6. The van der Waals surface area contributed by atoms with Crippen LogP contribution >= 0.6 is 0 Å². The van der Waals surface area contributed by atoms with Gasteiger partial charge in [-0.1, -0.05) is 6.42 Å². The molecule has 1 saturated heterocycles. The van der Waals surface area contributed by atoms with Gasteiger partial charge >= 0.3 is 11.7 Å². The van der Waals surface area contributed by atoms with Crippen molar-refractivity contribution in [2.45, 2.75) is 58.5 Å². The van der Waals surface area contributed by atoms with Crippen LogP contribution in [0.25, 0.3) is 0 Å². The highest BCUT2D eigenvalue weighted by molar-refractivity contribution is 5.84. The average Bonchev–Trinajstić information content (AvgIpc) is 2.89. The quantitative estimate of drug-likeness (QED) is 0.600. The summed E-state index contributed by atoms with van der Waals surface area (Å²) in [5.74, 6) is -0.146. The number of fused-ring (bicyclic) bond motifs is 1. The Kier molecular flexibility index (Phi) is 7.28. The summed E-state index contributed by atoms with van der Waals surface area (Å²) in [4.78, 5) is 52.4. The number of likely N-dealkylation sites (tertiary alicyclic amines) is 1. The van der Waals surface area contributed by atoms with Crippen LogP contribution in [0.3, 0.4) is 0 Å². The van der Waals surface area contributed by atoms with Crippen molar-refractivity contribution in [3.05, 3.63) is 16.3 Å². The van der Waals surface area contributed by atoms with Crippen molar-refractivity contribution in [2.24, 2.45) is 5.92 Å². The first-order valence-corrected chi connectivity index (χ1v) is 10.8. The van der Waals surface area contributed by atoms with Gasteiger partial charge in [-0.3, -0.25) is 19.0 Å². The number of piperidine rings is 1. The lowest BCUT2D eigenvalue weighted by Crippen LogP contribution is -2.46. The fourth-order valence-electron chi connectivity index (χ4n) is 3.99. The van der Waals surface area contributed by atoms with Crippen molar-refractivity contribution in [1.29, 1.82) is 0 Å². The summed E-state index contributed by atoms with van der Waals surface area (Å²) >= 11 is 0. The molecular weight excluding hydrogens is 390 g/mol. The van der Waals surface area contributed by atoms with Crippen molar-refractivity contribution < 1.29 is 19.1 Å². The highest BCUT2D eigenvalue weighted by atomic mass is 16.5. The summed E-state index contributed by atoms with van der Waals surface area (Å²) in [6.07, 6.45) is 4.88. The predicted octanol–water partition coefficient (Wildman–Crippen LogP) is 0.0313. The maximum atomic E-state index is 12.6. The molecule has 0 aliphatic carbocycles. The van der Waals surface area contributed by atoms with E-state index in [1.165, 1.54) is 9.58 Å². The van der Waals surface area contributed by atoms with E-state index in [4.69, 9.17) is 4.74 Å². The molecule has 0 aromatic carbocycles. The first-order chi connectivity index (χ1) is 14.4. The monoisotopic (exact) mass is 421 g/mol. The van der Waals surface area contributed by atoms with Gasteiger partial charge in [-0.2, -0.15) is 5.10 Å². The zero-order valence-corrected chi connectivity index (χ0v) is 17.8. The number of amides is 2. The van der Waals surface area contributed by atoms with Crippen LogP contribution in [0.4, 0.5) is 0 Å². The van der Waals surface area contributed by atoms with Crippen LogP contribution in [-0.4, -0.2) is 75.2 Å². The first kappa shape index (κ1) is 22.0. The lowest BCUT2D eigenvalue weighted by atomic mass is 9.97. The van der Waals surface area contributed by atoms with Gasteiger partial charge in [0, 0.05) is 33.1 Å². The van der Waals surface area contributed by atoms with E-state index in [1.54, 1.807) is 23.4 Å². The van der Waals surface area contributed by atoms with Crippen molar-refractivity contribution in [3.8, 4) is 0 Å². The molecule has 0 radical (unpaired) electrons. The summed E-state index contributed by atoms with van der Waals surface area (Å²) in [6, 6.07) is 0. The topological polar surface area (TPSA) is 107 Å². The van der Waals surface area contributed by atoms with Gasteiger partial charge in [-0.05, 0) is 32.6 Å². The van der Waals surface area contributed by atoms with E-state index in [2.05, 4.69) is 5.10 Å². The highest BCUT2D eigenvalue weighted by Gasteiger charge is 2.29. The fraction of sp³-hybridized carbons (Fsp3) is 0.750. The summed E-state index contributed by atoms with van der Waals surface area (Å²) in [5, 5.41) is 4.32. The van der Waals surface area contributed by atoms with Gasteiger partial charge in [0.15, 0.2) is 0 Å². The molecule has 0 N–H and O–H groups in total. The van der Waals surface area contributed by atoms with Gasteiger partial charge in [0.2, 0.25) is 11.8 Å². The van der Waals surface area contributed by atoms with E-state index in [0.717, 1.165) is 31.5 Å². The lowest BCUT2D eigenvalue weighted by molar-refractivity contribution is -0.151. The zero-order valence-electron chi connectivity index (χ0n) is 17.8. The minimum absolute atomic E-state index is 0.0643. The molecule has 2 aliphatic rings. The molecule has 3 rings (SSSR count). The number of nitrogens with zero attached hydrogens (tertiary/aromatic N) is 5. The Morgan fingerprint density at radius 3 is 2.57 bits per heavy atom. The molecule has 2 amide bonds. The fourth-order valence-corrected chi connectivity index (χ4v) is 3.99. The summed E-state index contributed by atoms with van der Waals surface area (Å²) in [5.41, 5.74) is -0.263. The molecule has 0 unspecified atom stereocenters. The number of hydrogen-bond acceptors (Lipinski definition) is 6. The lowest BCUT2D eigenvalue weighted by Gasteiger charge is -2.32. The van der Waals surface area contributed by atoms with Gasteiger partial charge in [0.05, 0.1) is 19.1 Å². The maximum Gasteiger partial charge on any atom is 0.346 e. The molecular formula is C20H31N5O5. The standard InChI is InChI=1S/C20H31N5O5/c1-3-30-19(28)15-8-11-23(12-9-15)18(27)13-22(2)17(26)14-25-20(29)24-10-6-4-5-7-16(24)21-25/h15H,3-14H2,1-2H3. The van der Waals surface area contributed by atoms with Crippen LogP contribution < -0.4 is 5.69 Å². The Morgan fingerprint density at radius 2 is 1.87 bits per heavy atom. The van der Waals surface area contributed by atoms with Gasteiger partial charge in [0.1, 0.15) is 12.4 Å². The van der Waals surface area contributed by atoms with Gasteiger partial charge in [-0.15, -0.1) is 0 Å². The van der Waals surface area contributed by atoms with E-state index < -0.39 is 0 Å². The van der Waals surface area contributed by atoms with Gasteiger partial charge in [-0.25, -0.2) is 9.48 Å². The second-order valence-electron chi connectivity index (χ2n) is 7.98. The molecule has 10 nitrogen and oxygen atoms in total. The largest absolute Gasteiger partial charge is 0.466 e. The SMILES string of the molecule is CCOC(=O)C1CCN(C(=O)CN(C)C(=O)Cn2nc3n(c2=O)CCCCC3)CC1. The molecule has 2 aliphatic heterocycles. The molecule has 0 spiro atoms. The molecule has 30 heavy (non-hydrogen) atoms. The number of aromatic nitrogens is 3. The number of rotatable bonds is 6. The number of carbonyl (C=O) groups excluding carboxylic acids is 3. The Hall–Kier alpha value is -2.65. The third-order valence-corrected chi connectivity index (χ3v) is 5.83. The first-order valence-electron chi connectivity index (χ1n) is 10.8. The number of aryl methyl sites for hydroxylation is 1. The second kappa shape index (κ2) is 9.90. The Labute approximate surface area is 175 Å². The summed E-state index contributed by atoms with van der Waals surface area (Å²) in [7, 11) is 1.55. The molecule has 1 aromatic rings. The molecule has 0 saturated carbocycles. The molecule has 166 valence electrons. The van der Waals surface area contributed by atoms with Crippen LogP contribution in [-0.2, 0) is 38.6 Å². The van der Waals surface area contributed by atoms with E-state index in [-0.39, 0.29) is 42.5 Å². The number of hydrogen-bond donors (Lipinski definition) is 0. The molecule has 0 atom stereocenters. The van der Waals surface area contributed by atoms with Gasteiger partial charge < -0.3 is 14.5 Å². The Morgan fingerprint density at radius 1 is 1.13 bits per heavy atom. The smallest absolute Gasteiger partial charge is 0.346 e. The van der Waals surface area contributed by atoms with Crippen molar-refractivity contribution in [2.75, 3.05) is 33.3 Å². The van der Waals surface area contributed by atoms with Crippen molar-refractivity contribution in [1.82, 2.24) is 24.1 Å². The van der Waals surface area contributed by atoms with Crippen molar-refractivity contribution in [3.63, 3.8) is 0 Å². The molecule has 1 fully saturated rings. The second-order valence-corrected chi connectivity index (χ2v) is 7.98. The van der Waals surface area contributed by atoms with Crippen LogP contribution in [0.5, 0.6) is 0 Å². The predicted molar refractivity (Wildman–Crippen MR) is 108 cm³/mol. The van der Waals surface area contributed by atoms with E-state index >= 15 is 0 Å². The number of ether oxygens (including phenoxy) is 1. The highest BCUT2D eigenvalue weighted by Crippen LogP contribution is 2.19. The summed E-state index contributed by atoms with van der Waals surface area (Å²) < 4.78 is 7.90. The normalized spacial score (nSPS) is 17.2. The molecule has 3 heterocycles. The Bertz CT molecular complexity index is 837. The molecule has 0 bridgehead atoms. The van der Waals surface area contributed by atoms with Crippen LogP contribution in [0, 0.1) is 5.92 Å². The average molecular weight is 421 g/mol. The number of carbonyl (C=O) groups is 3. The zero-order chi connectivity index (χ0) is 21.7. The molecule has 10 heteroatoms. The minimum atomic E-state index is -0.333. The number of esters is 1. The number of likely N-dealkylation sites (N-methyl/N-ethyl adjacent to an activating group) is 1. The van der Waals surface area contributed by atoms with Crippen LogP contribution in [0.15, 0.2) is 4.79 Å². The van der Waals surface area contributed by atoms with Crippen LogP contribution in [0.1, 0.15) is 44.9 Å². The van der Waals surface area contributed by atoms with Crippen LogP contribution in [0.2, 0.25) is 0 Å². The van der Waals surface area contributed by atoms with Crippen molar-refractivity contribution >= 4 is 17.8 Å². The van der Waals surface area contributed by atoms with E-state index in [1.807, 2.05) is 0 Å². The van der Waals surface area contributed by atoms with E-state index in [9.17, 15) is 19.2 Å². The third-order valence-electron chi connectivity index (χ3n) is 5.83. The minimum Gasteiger partial charge on any atom is -0.466 e.